The zero-order valence-electron chi connectivity index (χ0n) is 15.9. The predicted octanol–water partition coefficient (Wildman–Crippen LogP) is 2.59. The van der Waals surface area contributed by atoms with Crippen LogP contribution in [0.2, 0.25) is 0 Å². The Hall–Kier alpha value is -3.91. The molecule has 0 spiro atoms. The molecule has 1 amide bonds. The van der Waals surface area contributed by atoms with Crippen LogP contribution in [0.5, 0.6) is 11.5 Å². The molecule has 0 aliphatic carbocycles. The normalized spacial score (nSPS) is 13.4. The highest BCUT2D eigenvalue weighted by Crippen LogP contribution is 2.35. The molecule has 1 aliphatic rings. The predicted molar refractivity (Wildman–Crippen MR) is 108 cm³/mol. The number of ether oxygens (including phenoxy) is 2. The van der Waals surface area contributed by atoms with Crippen LogP contribution in [-0.2, 0) is 0 Å². The zero-order valence-corrected chi connectivity index (χ0v) is 15.9. The second-order valence-electron chi connectivity index (χ2n) is 6.81. The lowest BCUT2D eigenvalue weighted by molar-refractivity contribution is 0.0914. The van der Waals surface area contributed by atoms with Gasteiger partial charge in [-0.05, 0) is 42.5 Å². The Balaban J connectivity index is 1.48. The summed E-state index contributed by atoms with van der Waals surface area (Å²) in [6, 6.07) is 17.4. The van der Waals surface area contributed by atoms with Crippen LogP contribution < -0.4 is 14.8 Å². The first kappa shape index (κ1) is 18.1. The number of aromatic nitrogens is 3. The third-order valence-corrected chi connectivity index (χ3v) is 4.93. The highest BCUT2D eigenvalue weighted by atomic mass is 16.7. The van der Waals surface area contributed by atoms with E-state index in [1.165, 1.54) is 0 Å². The van der Waals surface area contributed by atoms with Crippen LogP contribution >= 0.6 is 0 Å². The van der Waals surface area contributed by atoms with Crippen molar-refractivity contribution >= 4 is 11.6 Å². The van der Waals surface area contributed by atoms with Gasteiger partial charge in [0.25, 0.3) is 5.91 Å². The van der Waals surface area contributed by atoms with E-state index < -0.39 is 6.04 Å². The second kappa shape index (κ2) is 7.49. The maximum absolute atomic E-state index is 12.5. The third-order valence-electron chi connectivity index (χ3n) is 4.93. The van der Waals surface area contributed by atoms with Gasteiger partial charge in [0.2, 0.25) is 6.79 Å². The topological polar surface area (TPSA) is 98.0 Å². The van der Waals surface area contributed by atoms with E-state index in [0.717, 1.165) is 11.3 Å². The van der Waals surface area contributed by atoms with Crippen molar-refractivity contribution in [3.8, 4) is 22.8 Å². The first-order valence-corrected chi connectivity index (χ1v) is 9.44. The molecule has 1 atom stereocenters. The number of benzene rings is 2. The van der Waals surface area contributed by atoms with Crippen LogP contribution in [0.25, 0.3) is 16.9 Å². The Morgan fingerprint density at radius 1 is 1.10 bits per heavy atom. The van der Waals surface area contributed by atoms with Crippen molar-refractivity contribution in [2.24, 2.45) is 0 Å². The van der Waals surface area contributed by atoms with E-state index >= 15 is 0 Å². The average Bonchev–Trinajstić information content (AvgIpc) is 3.43. The number of nitrogens with zero attached hydrogens (tertiary/aromatic N) is 3. The van der Waals surface area contributed by atoms with Gasteiger partial charge in [-0.15, -0.1) is 0 Å². The summed E-state index contributed by atoms with van der Waals surface area (Å²) in [7, 11) is 0. The molecule has 8 nitrogen and oxygen atoms in total. The van der Waals surface area contributed by atoms with Gasteiger partial charge in [-0.2, -0.15) is 5.10 Å². The number of rotatable bonds is 5. The van der Waals surface area contributed by atoms with E-state index in [-0.39, 0.29) is 19.3 Å². The summed E-state index contributed by atoms with van der Waals surface area (Å²) in [6.45, 7) is -0.0846. The minimum atomic E-state index is -0.658. The van der Waals surface area contributed by atoms with E-state index in [1.807, 2.05) is 24.3 Å². The van der Waals surface area contributed by atoms with Gasteiger partial charge in [-0.25, -0.2) is 9.50 Å². The van der Waals surface area contributed by atoms with Crippen LogP contribution in [-0.4, -0.2) is 39.0 Å². The van der Waals surface area contributed by atoms with E-state index in [1.54, 1.807) is 47.1 Å². The van der Waals surface area contributed by atoms with Crippen molar-refractivity contribution in [1.82, 2.24) is 19.9 Å². The van der Waals surface area contributed by atoms with Gasteiger partial charge in [0, 0.05) is 11.1 Å². The van der Waals surface area contributed by atoms with E-state index in [2.05, 4.69) is 15.4 Å². The van der Waals surface area contributed by atoms with Crippen molar-refractivity contribution in [3.05, 3.63) is 78.1 Å². The quantitative estimate of drug-likeness (QED) is 0.533. The molecule has 1 unspecified atom stereocenters. The van der Waals surface area contributed by atoms with Crippen molar-refractivity contribution in [2.75, 3.05) is 13.4 Å². The Morgan fingerprint density at radius 3 is 2.77 bits per heavy atom. The Labute approximate surface area is 171 Å². The van der Waals surface area contributed by atoms with Gasteiger partial charge in [0.05, 0.1) is 30.2 Å². The summed E-state index contributed by atoms with van der Waals surface area (Å²) in [6.07, 6.45) is 1.72. The third kappa shape index (κ3) is 3.23. The number of hydrogen-bond donors (Lipinski definition) is 2. The first-order chi connectivity index (χ1) is 14.7. The Kier molecular flexibility index (Phi) is 4.53. The van der Waals surface area contributed by atoms with E-state index in [4.69, 9.17) is 9.47 Å². The van der Waals surface area contributed by atoms with Gasteiger partial charge >= 0.3 is 0 Å². The standard InChI is InChI=1S/C22H18N4O4/c27-12-17(24-22(28)14-4-2-1-3-5-14)16-7-9-21-23-11-18(26(21)25-16)15-6-8-19-20(10-15)30-13-29-19/h1-11,17,27H,12-13H2,(H,24,28). The fourth-order valence-corrected chi connectivity index (χ4v) is 3.37. The van der Waals surface area contributed by atoms with Crippen LogP contribution in [0.4, 0.5) is 0 Å². The summed E-state index contributed by atoms with van der Waals surface area (Å²) in [5.74, 6) is 1.09. The molecule has 2 aromatic heterocycles. The first-order valence-electron chi connectivity index (χ1n) is 9.44. The van der Waals surface area contributed by atoms with Gasteiger partial charge in [0.1, 0.15) is 0 Å². The van der Waals surface area contributed by atoms with Crippen LogP contribution in [0, 0.1) is 0 Å². The number of carbonyl (C=O) groups excluding carboxylic acids is 1. The smallest absolute Gasteiger partial charge is 0.251 e. The van der Waals surface area contributed by atoms with Crippen molar-refractivity contribution < 1.29 is 19.4 Å². The summed E-state index contributed by atoms with van der Waals surface area (Å²) in [5.41, 5.74) is 3.31. The molecule has 0 radical (unpaired) electrons. The molecule has 5 rings (SSSR count). The Bertz CT molecular complexity index is 1220. The monoisotopic (exact) mass is 402 g/mol. The molecule has 0 saturated heterocycles. The van der Waals surface area contributed by atoms with Crippen molar-refractivity contribution in [3.63, 3.8) is 0 Å². The molecular weight excluding hydrogens is 384 g/mol. The van der Waals surface area contributed by atoms with Crippen LogP contribution in [0.3, 0.4) is 0 Å². The molecule has 4 aromatic rings. The van der Waals surface area contributed by atoms with Crippen molar-refractivity contribution in [1.29, 1.82) is 0 Å². The number of imidazole rings is 1. The second-order valence-corrected chi connectivity index (χ2v) is 6.81. The van der Waals surface area contributed by atoms with Crippen molar-refractivity contribution in [2.45, 2.75) is 6.04 Å². The zero-order chi connectivity index (χ0) is 20.5. The molecule has 0 fully saturated rings. The lowest BCUT2D eigenvalue weighted by Crippen LogP contribution is -2.31. The minimum absolute atomic E-state index is 0.202. The number of aliphatic hydroxyl groups is 1. The number of fused-ring (bicyclic) bond motifs is 2. The molecular formula is C22H18N4O4. The fraction of sp³-hybridized carbons (Fsp3) is 0.136. The summed E-state index contributed by atoms with van der Waals surface area (Å²) < 4.78 is 12.5. The molecule has 1 aliphatic heterocycles. The largest absolute Gasteiger partial charge is 0.454 e. The summed E-state index contributed by atoms with van der Waals surface area (Å²) in [5, 5.41) is 17.3. The molecule has 0 saturated carbocycles. The number of hydrogen-bond acceptors (Lipinski definition) is 6. The highest BCUT2D eigenvalue weighted by Gasteiger charge is 2.19. The fourth-order valence-electron chi connectivity index (χ4n) is 3.37. The highest BCUT2D eigenvalue weighted by molar-refractivity contribution is 5.94. The lowest BCUT2D eigenvalue weighted by atomic mass is 10.1. The number of nitrogens with one attached hydrogen (secondary N) is 1. The molecule has 30 heavy (non-hydrogen) atoms. The molecule has 2 aromatic carbocycles. The summed E-state index contributed by atoms with van der Waals surface area (Å²) >= 11 is 0. The molecule has 8 heteroatoms. The van der Waals surface area contributed by atoms with Gasteiger partial charge in [-0.1, -0.05) is 18.2 Å². The van der Waals surface area contributed by atoms with E-state index in [9.17, 15) is 9.90 Å². The SMILES string of the molecule is O=C(NC(CO)c1ccc2ncc(-c3ccc4c(c3)OCO4)n2n1)c1ccccc1. The number of amides is 1. The Morgan fingerprint density at radius 2 is 1.93 bits per heavy atom. The lowest BCUT2D eigenvalue weighted by Gasteiger charge is -2.16. The van der Waals surface area contributed by atoms with Crippen LogP contribution in [0.15, 0.2) is 66.9 Å². The average molecular weight is 402 g/mol. The van der Waals surface area contributed by atoms with E-state index in [0.29, 0.717) is 28.4 Å². The van der Waals surface area contributed by atoms with Gasteiger partial charge in [-0.3, -0.25) is 4.79 Å². The molecule has 2 N–H and O–H groups in total. The minimum Gasteiger partial charge on any atom is -0.454 e. The summed E-state index contributed by atoms with van der Waals surface area (Å²) in [4.78, 5) is 16.9. The molecule has 150 valence electrons. The maximum Gasteiger partial charge on any atom is 0.251 e. The van der Waals surface area contributed by atoms with Crippen LogP contribution in [0.1, 0.15) is 22.1 Å². The maximum atomic E-state index is 12.5. The van der Waals surface area contributed by atoms with Gasteiger partial charge in [0.15, 0.2) is 17.1 Å². The molecule has 0 bridgehead atoms. The number of carbonyl (C=O) groups is 1. The molecule has 3 heterocycles. The van der Waals surface area contributed by atoms with Gasteiger partial charge < -0.3 is 19.9 Å². The number of aliphatic hydroxyl groups excluding tert-OH is 1.